The Kier molecular flexibility index (Phi) is 7.41. The van der Waals surface area contributed by atoms with Gasteiger partial charge >= 0.3 is 5.97 Å². The highest BCUT2D eigenvalue weighted by Crippen LogP contribution is 2.65. The molecule has 2 aromatic rings. The van der Waals surface area contributed by atoms with Gasteiger partial charge in [0.25, 0.3) is 0 Å². The number of hydrogen-bond donors (Lipinski definition) is 1. The number of phenolic OH excluding ortho intramolecular Hbond substituents is 1. The largest absolute Gasteiger partial charge is 0.504 e. The van der Waals surface area contributed by atoms with Crippen molar-refractivity contribution in [1.29, 1.82) is 0 Å². The molecule has 2 aromatic carbocycles. The lowest BCUT2D eigenvalue weighted by Crippen LogP contribution is -2.69. The summed E-state index contributed by atoms with van der Waals surface area (Å²) in [5.41, 5.74) is 2.46. The Hall–Kier alpha value is -2.19. The number of likely N-dealkylation sites (N-methyl/N-ethyl adjacent to an activating group) is 1. The van der Waals surface area contributed by atoms with E-state index in [1.165, 1.54) is 19.8 Å². The van der Waals surface area contributed by atoms with Crippen LogP contribution in [0.2, 0.25) is 10.0 Å². The molecule has 2 bridgehead atoms. The summed E-state index contributed by atoms with van der Waals surface area (Å²) in [5, 5.41) is 12.0. The van der Waals surface area contributed by atoms with Crippen molar-refractivity contribution in [2.24, 2.45) is 11.8 Å². The number of benzene rings is 2. The van der Waals surface area contributed by atoms with Crippen LogP contribution in [0.15, 0.2) is 24.3 Å². The zero-order valence-electron chi connectivity index (χ0n) is 23.2. The van der Waals surface area contributed by atoms with Gasteiger partial charge in [0.15, 0.2) is 11.5 Å². The van der Waals surface area contributed by atoms with Crippen LogP contribution in [0.4, 0.5) is 0 Å². The van der Waals surface area contributed by atoms with Crippen molar-refractivity contribution in [2.75, 3.05) is 20.1 Å². The molecule has 2 aliphatic heterocycles. The van der Waals surface area contributed by atoms with Gasteiger partial charge in [0, 0.05) is 49.2 Å². The molecule has 3 fully saturated rings. The predicted molar refractivity (Wildman–Crippen MR) is 159 cm³/mol. The molecule has 10 heteroatoms. The third-order valence-electron chi connectivity index (χ3n) is 10.2. The number of halogens is 3. The average Bonchev–Trinajstić information content (AvgIpc) is 3.66. The summed E-state index contributed by atoms with van der Waals surface area (Å²) in [6.45, 7) is 3.46. The van der Waals surface area contributed by atoms with Crippen LogP contribution in [0.25, 0.3) is 0 Å². The second-order valence-electron chi connectivity index (χ2n) is 12.4. The Bertz CT molecular complexity index is 1410. The van der Waals surface area contributed by atoms with Gasteiger partial charge in [-0.05, 0) is 74.6 Å². The van der Waals surface area contributed by atoms with Crippen LogP contribution in [-0.2, 0) is 27.8 Å². The summed E-state index contributed by atoms with van der Waals surface area (Å²) in [6, 6.07) is 7.00. The highest BCUT2D eigenvalue weighted by Gasteiger charge is 2.67. The molecule has 3 aliphatic carbocycles. The van der Waals surface area contributed by atoms with E-state index in [-0.39, 0.29) is 48.0 Å². The van der Waals surface area contributed by atoms with E-state index in [0.717, 1.165) is 61.4 Å². The lowest BCUT2D eigenvalue weighted by Gasteiger charge is -2.60. The highest BCUT2D eigenvalue weighted by molar-refractivity contribution is 6.42. The van der Waals surface area contributed by atoms with E-state index in [4.69, 9.17) is 32.7 Å². The molecule has 1 spiro atoms. The van der Waals surface area contributed by atoms with Crippen molar-refractivity contribution in [2.45, 2.75) is 75.5 Å². The number of nitrogens with zero attached hydrogens (tertiary/aromatic N) is 2. The minimum Gasteiger partial charge on any atom is -0.504 e. The fraction of sp³-hybridized carbons (Fsp3) is 0.548. The van der Waals surface area contributed by atoms with Crippen LogP contribution in [0, 0.1) is 11.8 Å². The maximum atomic E-state index is 13.6. The first-order valence-corrected chi connectivity index (χ1v) is 15.1. The minimum absolute atomic E-state index is 0. The minimum atomic E-state index is -0.403. The highest BCUT2D eigenvalue weighted by atomic mass is 35.5. The molecule has 0 unspecified atom stereocenters. The number of phenols is 1. The summed E-state index contributed by atoms with van der Waals surface area (Å²) in [6.07, 6.45) is 5.99. The summed E-state index contributed by atoms with van der Waals surface area (Å²) < 4.78 is 12.4. The Morgan fingerprint density at radius 1 is 1.17 bits per heavy atom. The van der Waals surface area contributed by atoms with E-state index in [1.807, 2.05) is 18.0 Å². The summed E-state index contributed by atoms with van der Waals surface area (Å²) >= 11 is 12.3. The Balaban J connectivity index is 0.00000302. The number of rotatable bonds is 6. The van der Waals surface area contributed by atoms with Crippen molar-refractivity contribution < 1.29 is 24.2 Å². The third-order valence-corrected chi connectivity index (χ3v) is 10.9. The molecular formula is C31H35Cl3N2O5. The van der Waals surface area contributed by atoms with Crippen LogP contribution in [0.3, 0.4) is 0 Å². The average molecular weight is 622 g/mol. The lowest BCUT2D eigenvalue weighted by atomic mass is 9.50. The summed E-state index contributed by atoms with van der Waals surface area (Å²) in [7, 11) is 1.86. The molecule has 1 amide bonds. The molecule has 1 N–H and O–H groups in total. The number of piperidine rings is 1. The zero-order valence-corrected chi connectivity index (χ0v) is 25.5. The SMILES string of the molecule is CC(=O)Oc1cc(O)c2c3c1C[C@@H]1[C@@H]4CC[C@H](N(C)C(=O)Cc5ccc(Cl)c(Cl)c5)[C@H](O2)[C@]34CCN1CC1CC1.Cl. The van der Waals surface area contributed by atoms with Crippen LogP contribution < -0.4 is 9.47 Å². The zero-order chi connectivity index (χ0) is 27.9. The molecule has 7 rings (SSSR count). The third kappa shape index (κ3) is 4.59. The van der Waals surface area contributed by atoms with Gasteiger partial charge in [-0.1, -0.05) is 29.3 Å². The Morgan fingerprint density at radius 3 is 2.66 bits per heavy atom. The Labute approximate surface area is 256 Å². The topological polar surface area (TPSA) is 79.3 Å². The van der Waals surface area contributed by atoms with Gasteiger partial charge in [0.05, 0.1) is 22.5 Å². The fourth-order valence-corrected chi connectivity index (χ4v) is 8.60. The monoisotopic (exact) mass is 620 g/mol. The number of likely N-dealkylation sites (tertiary alicyclic amines) is 1. The van der Waals surface area contributed by atoms with Crippen molar-refractivity contribution in [3.05, 3.63) is 51.0 Å². The number of ether oxygens (including phenoxy) is 2. The van der Waals surface area contributed by atoms with Crippen molar-refractivity contribution >= 4 is 47.5 Å². The van der Waals surface area contributed by atoms with Gasteiger partial charge in [0.1, 0.15) is 11.9 Å². The van der Waals surface area contributed by atoms with Crippen LogP contribution >= 0.6 is 35.6 Å². The smallest absolute Gasteiger partial charge is 0.308 e. The van der Waals surface area contributed by atoms with Gasteiger partial charge in [-0.15, -0.1) is 12.4 Å². The van der Waals surface area contributed by atoms with Crippen molar-refractivity contribution in [3.63, 3.8) is 0 Å². The number of amides is 1. The first-order valence-electron chi connectivity index (χ1n) is 14.4. The summed E-state index contributed by atoms with van der Waals surface area (Å²) in [5.74, 6) is 1.65. The molecule has 5 aliphatic rings. The first kappa shape index (κ1) is 28.9. The molecule has 2 heterocycles. The standard InChI is InChI=1S/C31H34Cl2N2O5.ClH/c1-16(36)39-26-14-25(37)29-28-19(26)13-24-20-6-8-23(34(2)27(38)12-18-5-7-21(32)22(33)11-18)30(40-29)31(20,28)9-10-35(24)15-17-3-4-17;/h5,7,11,14,17,20,23-24,30,37H,3-4,6,8-10,12-13,15H2,1-2H3;1H/t20-,23-,24+,30-,31-;/m0./s1. The molecule has 7 nitrogen and oxygen atoms in total. The van der Waals surface area contributed by atoms with Gasteiger partial charge in [-0.3, -0.25) is 14.5 Å². The molecule has 0 radical (unpaired) electrons. The van der Waals surface area contributed by atoms with E-state index in [1.54, 1.807) is 18.2 Å². The summed E-state index contributed by atoms with van der Waals surface area (Å²) in [4.78, 5) is 30.2. The molecule has 2 saturated carbocycles. The molecular weight excluding hydrogens is 587 g/mol. The second-order valence-corrected chi connectivity index (χ2v) is 13.2. The van der Waals surface area contributed by atoms with E-state index in [0.29, 0.717) is 33.5 Å². The van der Waals surface area contributed by atoms with E-state index in [9.17, 15) is 14.7 Å². The lowest BCUT2D eigenvalue weighted by molar-refractivity contribution is -0.139. The van der Waals surface area contributed by atoms with Gasteiger partial charge < -0.3 is 19.5 Å². The van der Waals surface area contributed by atoms with Gasteiger partial charge in [0.2, 0.25) is 5.91 Å². The predicted octanol–water partition coefficient (Wildman–Crippen LogP) is 5.57. The van der Waals surface area contributed by atoms with Crippen molar-refractivity contribution in [3.8, 4) is 17.2 Å². The Morgan fingerprint density at radius 2 is 1.95 bits per heavy atom. The maximum Gasteiger partial charge on any atom is 0.308 e. The molecule has 0 aromatic heterocycles. The quantitative estimate of drug-likeness (QED) is 0.336. The van der Waals surface area contributed by atoms with E-state index < -0.39 is 5.97 Å². The number of esters is 1. The fourth-order valence-electron chi connectivity index (χ4n) is 8.28. The number of carbonyl (C=O) groups is 2. The maximum absolute atomic E-state index is 13.6. The first-order chi connectivity index (χ1) is 19.2. The number of hydrogen-bond acceptors (Lipinski definition) is 6. The van der Waals surface area contributed by atoms with Gasteiger partial charge in [-0.2, -0.15) is 0 Å². The van der Waals surface area contributed by atoms with Crippen LogP contribution in [0.5, 0.6) is 17.2 Å². The molecule has 1 saturated heterocycles. The molecule has 41 heavy (non-hydrogen) atoms. The van der Waals surface area contributed by atoms with Crippen LogP contribution in [-0.4, -0.2) is 65.1 Å². The van der Waals surface area contributed by atoms with E-state index in [2.05, 4.69) is 4.90 Å². The molecule has 220 valence electrons. The van der Waals surface area contributed by atoms with Crippen molar-refractivity contribution in [1.82, 2.24) is 9.80 Å². The molecule has 5 atom stereocenters. The van der Waals surface area contributed by atoms with Gasteiger partial charge in [-0.25, -0.2) is 0 Å². The van der Waals surface area contributed by atoms with Crippen LogP contribution in [0.1, 0.15) is 55.7 Å². The number of aromatic hydroxyl groups is 1. The normalized spacial score (nSPS) is 29.2. The number of carbonyl (C=O) groups excluding carboxylic acids is 2. The van der Waals surface area contributed by atoms with E-state index >= 15 is 0 Å². The second kappa shape index (κ2) is 10.5.